The van der Waals surface area contributed by atoms with Gasteiger partial charge in [0.05, 0.1) is 0 Å². The average molecular weight is 525 g/mol. The van der Waals surface area contributed by atoms with Crippen LogP contribution in [0.4, 0.5) is 0 Å². The van der Waals surface area contributed by atoms with Crippen molar-refractivity contribution in [1.29, 1.82) is 0 Å². The molecular formula is C26H20ClNO4Se. The molecule has 0 spiro atoms. The van der Waals surface area contributed by atoms with Crippen molar-refractivity contribution in [2.24, 2.45) is 7.05 Å². The topological polar surface area (TPSA) is 83.3 Å². The number of rotatable bonds is 5. The molecule has 0 bridgehead atoms. The molecule has 3 aromatic carbocycles. The van der Waals surface area contributed by atoms with Crippen LogP contribution in [0.25, 0.3) is 20.9 Å². The molecule has 7 heteroatoms. The third-order valence-electron chi connectivity index (χ3n) is 5.44. The van der Waals surface area contributed by atoms with Crippen molar-refractivity contribution in [3.05, 3.63) is 120 Å². The van der Waals surface area contributed by atoms with Gasteiger partial charge in [-0.1, -0.05) is 0 Å². The number of allylic oxidation sites excluding steroid dienone is 3. The fourth-order valence-corrected chi connectivity index (χ4v) is 9.07. The Bertz CT molecular complexity index is 1420. The van der Waals surface area contributed by atoms with Crippen LogP contribution < -0.4 is 14.0 Å². The third-order valence-corrected chi connectivity index (χ3v) is 10.6. The second kappa shape index (κ2) is 8.86. The summed E-state index contributed by atoms with van der Waals surface area (Å²) in [5.74, 6) is 0. The van der Waals surface area contributed by atoms with Crippen LogP contribution in [-0.2, 0) is 10.4 Å². The van der Waals surface area contributed by atoms with Crippen molar-refractivity contribution in [3.8, 4) is 0 Å². The van der Waals surface area contributed by atoms with Gasteiger partial charge in [-0.25, -0.2) is 0 Å². The minimum absolute atomic E-state index is 0.729. The van der Waals surface area contributed by atoms with Crippen LogP contribution >= 0.6 is 0 Å². The molecule has 0 N–H and O–H groups in total. The summed E-state index contributed by atoms with van der Waals surface area (Å²) in [6, 6.07) is 27.1. The number of fused-ring (bicyclic) bond motifs is 1. The summed E-state index contributed by atoms with van der Waals surface area (Å²) in [5.41, 5.74) is 4.73. The monoisotopic (exact) mass is 525 g/mol. The van der Waals surface area contributed by atoms with Gasteiger partial charge in [0, 0.05) is 0 Å². The predicted molar refractivity (Wildman–Crippen MR) is 123 cm³/mol. The van der Waals surface area contributed by atoms with E-state index in [2.05, 4.69) is 22.9 Å². The maximum atomic E-state index is 11.7. The first-order chi connectivity index (χ1) is 15.9. The Balaban J connectivity index is 1.81. The van der Waals surface area contributed by atoms with E-state index in [4.69, 9.17) is 3.37 Å². The molecule has 0 fully saturated rings. The van der Waals surface area contributed by atoms with Gasteiger partial charge in [-0.15, -0.1) is 0 Å². The summed E-state index contributed by atoms with van der Waals surface area (Å²) in [5, 5.41) is 1.09. The number of aryl methyl sites for hydroxylation is 1. The van der Waals surface area contributed by atoms with Gasteiger partial charge in [-0.05, 0) is 0 Å². The van der Waals surface area contributed by atoms with E-state index >= 15 is 0 Å². The van der Waals surface area contributed by atoms with Crippen LogP contribution in [-0.4, -0.2) is 22.8 Å². The first kappa shape index (κ1) is 22.0. The second-order valence-electron chi connectivity index (χ2n) is 7.59. The van der Waals surface area contributed by atoms with Crippen LogP contribution in [0.1, 0.15) is 16.7 Å². The molecule has 1 unspecified atom stereocenters. The molecule has 1 aliphatic heterocycles. The molecule has 5 rings (SSSR count). The number of benzene rings is 3. The number of hydrogen-bond donors (Lipinski definition) is 0. The zero-order valence-electron chi connectivity index (χ0n) is 17.7. The van der Waals surface area contributed by atoms with Crippen LogP contribution in [0, 0.1) is 10.2 Å². The summed E-state index contributed by atoms with van der Waals surface area (Å²) in [6.45, 7) is 0. The van der Waals surface area contributed by atoms with Crippen molar-refractivity contribution in [1.82, 2.24) is 4.57 Å². The van der Waals surface area contributed by atoms with Gasteiger partial charge in [0.25, 0.3) is 0 Å². The van der Waals surface area contributed by atoms with Crippen LogP contribution in [0.5, 0.6) is 0 Å². The van der Waals surface area contributed by atoms with Gasteiger partial charge < -0.3 is 0 Å². The fourth-order valence-electron chi connectivity index (χ4n) is 4.01. The summed E-state index contributed by atoms with van der Waals surface area (Å²) >= 11 is -2.69. The van der Waals surface area contributed by atoms with Crippen molar-refractivity contribution in [2.75, 3.05) is 0 Å². The second-order valence-corrected chi connectivity index (χ2v) is 12.2. The molecule has 1 aliphatic rings. The number of aromatic nitrogens is 1. The minimum atomic E-state index is -4.60. The number of nitrogens with zero attached hydrogens (tertiary/aromatic N) is 1. The molecule has 4 aromatic rings. The Hall–Kier alpha value is -2.80. The molecule has 166 valence electrons. The van der Waals surface area contributed by atoms with Crippen LogP contribution in [0.2, 0.25) is 0 Å². The molecule has 33 heavy (non-hydrogen) atoms. The van der Waals surface area contributed by atoms with E-state index in [9.17, 15) is 14.0 Å². The van der Waals surface area contributed by atoms with E-state index in [0.717, 1.165) is 42.1 Å². The third kappa shape index (κ3) is 4.51. The molecule has 0 amide bonds. The van der Waals surface area contributed by atoms with Crippen LogP contribution in [0.15, 0.2) is 103 Å². The van der Waals surface area contributed by atoms with Gasteiger partial charge in [0.15, 0.2) is 0 Å². The van der Waals surface area contributed by atoms with E-state index < -0.39 is 24.0 Å². The summed E-state index contributed by atoms with van der Waals surface area (Å²) < 4.78 is 44.0. The van der Waals surface area contributed by atoms with E-state index in [0.29, 0.717) is 0 Å². The standard InChI is InChI=1S/C26H20ClNO4Se/c1-28-18-23(22-14-8-9-15-24(22)28)21-16-25(19-10-4-2-5-11-19)33(32-27(29,30)31)26(17-21)20-12-6-3-7-13-20/h2-18H,1H3. The molecule has 2 heterocycles. The predicted octanol–water partition coefficient (Wildman–Crippen LogP) is 1.91. The zero-order chi connectivity index (χ0) is 23.0. The van der Waals surface area contributed by atoms with Crippen molar-refractivity contribution in [3.63, 3.8) is 0 Å². The number of para-hydroxylation sites is 1. The first-order valence-electron chi connectivity index (χ1n) is 10.2. The summed E-state index contributed by atoms with van der Waals surface area (Å²) in [4.78, 5) is 0. The molecular weight excluding hydrogens is 505 g/mol. The zero-order valence-corrected chi connectivity index (χ0v) is 20.2. The Labute approximate surface area is 198 Å². The quantitative estimate of drug-likeness (QED) is 0.373. The van der Waals surface area contributed by atoms with E-state index in [1.807, 2.05) is 92.0 Å². The van der Waals surface area contributed by atoms with Gasteiger partial charge in [0.2, 0.25) is 0 Å². The first-order valence-corrected chi connectivity index (χ1v) is 13.9. The Morgan fingerprint density at radius 2 is 1.36 bits per heavy atom. The molecule has 0 radical (unpaired) electrons. The summed E-state index contributed by atoms with van der Waals surface area (Å²) in [6.07, 6.45) is 6.01. The van der Waals surface area contributed by atoms with Gasteiger partial charge in [-0.2, -0.15) is 0 Å². The molecule has 1 atom stereocenters. The molecule has 0 saturated heterocycles. The Morgan fingerprint density at radius 3 is 2.03 bits per heavy atom. The van der Waals surface area contributed by atoms with Gasteiger partial charge >= 0.3 is 198 Å². The Morgan fingerprint density at radius 1 is 0.758 bits per heavy atom. The average Bonchev–Trinajstić information content (AvgIpc) is 3.16. The van der Waals surface area contributed by atoms with Crippen molar-refractivity contribution < 1.29 is 27.6 Å². The van der Waals surface area contributed by atoms with E-state index in [1.54, 1.807) is 0 Å². The molecule has 5 nitrogen and oxygen atoms in total. The van der Waals surface area contributed by atoms with Gasteiger partial charge in [0.1, 0.15) is 0 Å². The van der Waals surface area contributed by atoms with Crippen LogP contribution in [0.3, 0.4) is 0 Å². The molecule has 1 aromatic heterocycles. The van der Waals surface area contributed by atoms with E-state index in [1.165, 1.54) is 0 Å². The molecule has 0 aliphatic carbocycles. The van der Waals surface area contributed by atoms with E-state index in [-0.39, 0.29) is 0 Å². The Kier molecular flexibility index (Phi) is 5.91. The van der Waals surface area contributed by atoms with Gasteiger partial charge in [-0.3, -0.25) is 0 Å². The van der Waals surface area contributed by atoms with Crippen molar-refractivity contribution >= 4 is 39.2 Å². The number of halogens is 1. The SMILES string of the molecule is Cn1cc(C2=CC(c3ccccc3)=[Se](O[Cl+3]([O-])([O-])[O-])C(c3ccccc3)=C2)c2ccccc21. The van der Waals surface area contributed by atoms with Crippen molar-refractivity contribution in [2.45, 2.75) is 0 Å². The summed E-state index contributed by atoms with van der Waals surface area (Å²) in [7, 11) is -2.60. The normalized spacial score (nSPS) is 16.6. The number of hydrogen-bond acceptors (Lipinski definition) is 4. The fraction of sp³-hybridized carbons (Fsp3) is 0.0385. The maximum absolute atomic E-state index is 11.7. The molecule has 0 saturated carbocycles.